The quantitative estimate of drug-likeness (QED) is 0.727. The fraction of sp³-hybridized carbons (Fsp3) is 0.857. The third kappa shape index (κ3) is 4.15. The van der Waals surface area contributed by atoms with Gasteiger partial charge in [-0.25, -0.2) is 0 Å². The predicted molar refractivity (Wildman–Crippen MR) is 68.0 cm³/mol. The molecule has 0 radical (unpaired) electrons. The summed E-state index contributed by atoms with van der Waals surface area (Å²) in [4.78, 5) is 0. The van der Waals surface area contributed by atoms with Crippen molar-refractivity contribution in [3.8, 4) is 11.8 Å². The van der Waals surface area contributed by atoms with Gasteiger partial charge >= 0.3 is 0 Å². The van der Waals surface area contributed by atoms with Gasteiger partial charge in [0, 0.05) is 19.6 Å². The molecule has 0 heterocycles. The predicted octanol–water partition coefficient (Wildman–Crippen LogP) is 2.71. The van der Waals surface area contributed by atoms with E-state index >= 15 is 0 Å². The summed E-state index contributed by atoms with van der Waals surface area (Å²) in [5.41, 5.74) is 6.21. The van der Waals surface area contributed by atoms with Crippen molar-refractivity contribution in [3.05, 3.63) is 0 Å². The van der Waals surface area contributed by atoms with E-state index in [0.717, 1.165) is 12.8 Å². The van der Waals surface area contributed by atoms with Crippen LogP contribution in [0.25, 0.3) is 0 Å². The molecule has 0 bridgehead atoms. The van der Waals surface area contributed by atoms with E-state index in [1.165, 1.54) is 32.1 Å². The minimum absolute atomic E-state index is 0.147. The molecular weight excluding hydrogens is 198 g/mol. The van der Waals surface area contributed by atoms with Crippen LogP contribution in [0, 0.1) is 17.8 Å². The summed E-state index contributed by atoms with van der Waals surface area (Å²) in [7, 11) is 1.80. The summed E-state index contributed by atoms with van der Waals surface area (Å²) < 4.78 is 5.61. The van der Waals surface area contributed by atoms with Crippen LogP contribution >= 0.6 is 0 Å². The number of hydrogen-bond donors (Lipinski definition) is 1. The van der Waals surface area contributed by atoms with Gasteiger partial charge in [0.15, 0.2) is 0 Å². The molecule has 1 rings (SSSR count). The van der Waals surface area contributed by atoms with Crippen LogP contribution in [0.15, 0.2) is 0 Å². The van der Waals surface area contributed by atoms with E-state index < -0.39 is 0 Å². The van der Waals surface area contributed by atoms with Crippen molar-refractivity contribution in [2.24, 2.45) is 11.7 Å². The molecule has 2 unspecified atom stereocenters. The van der Waals surface area contributed by atoms with Crippen molar-refractivity contribution in [1.82, 2.24) is 0 Å². The number of ether oxygens (including phenoxy) is 1. The summed E-state index contributed by atoms with van der Waals surface area (Å²) in [6.45, 7) is 1.88. The SMILES string of the molecule is CC#CCCC(N)C(OC)C1CCCCC1. The summed E-state index contributed by atoms with van der Waals surface area (Å²) in [5, 5.41) is 0. The molecule has 16 heavy (non-hydrogen) atoms. The highest BCUT2D eigenvalue weighted by molar-refractivity contribution is 4.96. The number of nitrogens with two attached hydrogens (primary N) is 1. The highest BCUT2D eigenvalue weighted by Crippen LogP contribution is 2.29. The summed E-state index contributed by atoms with van der Waals surface area (Å²) in [6, 6.07) is 0.147. The molecule has 1 saturated carbocycles. The Morgan fingerprint density at radius 2 is 2.00 bits per heavy atom. The minimum Gasteiger partial charge on any atom is -0.380 e. The normalized spacial score (nSPS) is 20.9. The molecule has 0 amide bonds. The average Bonchev–Trinajstić information content (AvgIpc) is 2.32. The first-order valence-corrected chi connectivity index (χ1v) is 6.47. The van der Waals surface area contributed by atoms with Crippen LogP contribution in [0.1, 0.15) is 51.9 Å². The molecule has 0 aromatic carbocycles. The van der Waals surface area contributed by atoms with Gasteiger partial charge in [-0.1, -0.05) is 19.3 Å². The van der Waals surface area contributed by atoms with Gasteiger partial charge in [0.25, 0.3) is 0 Å². The first kappa shape index (κ1) is 13.5. The van der Waals surface area contributed by atoms with Crippen LogP contribution in [-0.2, 0) is 4.74 Å². The van der Waals surface area contributed by atoms with Crippen LogP contribution in [0.2, 0.25) is 0 Å². The van der Waals surface area contributed by atoms with E-state index in [-0.39, 0.29) is 12.1 Å². The second-order valence-corrected chi connectivity index (χ2v) is 4.73. The van der Waals surface area contributed by atoms with Gasteiger partial charge in [-0.3, -0.25) is 0 Å². The van der Waals surface area contributed by atoms with E-state index in [9.17, 15) is 0 Å². The van der Waals surface area contributed by atoms with Gasteiger partial charge in [0.2, 0.25) is 0 Å². The zero-order chi connectivity index (χ0) is 11.8. The molecule has 0 aliphatic heterocycles. The molecule has 2 heteroatoms. The van der Waals surface area contributed by atoms with E-state index in [2.05, 4.69) is 11.8 Å². The van der Waals surface area contributed by atoms with Gasteiger partial charge < -0.3 is 10.5 Å². The summed E-state index contributed by atoms with van der Waals surface area (Å²) in [6.07, 6.45) is 8.71. The third-order valence-corrected chi connectivity index (χ3v) is 3.59. The lowest BCUT2D eigenvalue weighted by atomic mass is 9.82. The van der Waals surface area contributed by atoms with Crippen molar-refractivity contribution >= 4 is 0 Å². The molecule has 0 spiro atoms. The summed E-state index contributed by atoms with van der Waals surface area (Å²) >= 11 is 0. The van der Waals surface area contributed by atoms with E-state index in [1.807, 2.05) is 6.92 Å². The van der Waals surface area contributed by atoms with Crippen molar-refractivity contribution in [3.63, 3.8) is 0 Å². The second kappa shape index (κ2) is 7.70. The monoisotopic (exact) mass is 223 g/mol. The lowest BCUT2D eigenvalue weighted by Crippen LogP contribution is -2.42. The van der Waals surface area contributed by atoms with Gasteiger partial charge in [-0.15, -0.1) is 11.8 Å². The molecule has 0 saturated heterocycles. The van der Waals surface area contributed by atoms with Crippen molar-refractivity contribution < 1.29 is 4.74 Å². The van der Waals surface area contributed by atoms with Crippen LogP contribution in [-0.4, -0.2) is 19.3 Å². The second-order valence-electron chi connectivity index (χ2n) is 4.73. The van der Waals surface area contributed by atoms with Gasteiger partial charge in [0.05, 0.1) is 6.10 Å². The Labute approximate surface area is 99.9 Å². The zero-order valence-electron chi connectivity index (χ0n) is 10.7. The van der Waals surface area contributed by atoms with Crippen molar-refractivity contribution in [2.75, 3.05) is 7.11 Å². The number of rotatable bonds is 5. The van der Waals surface area contributed by atoms with E-state index in [1.54, 1.807) is 7.11 Å². The maximum atomic E-state index is 6.21. The minimum atomic E-state index is 0.147. The third-order valence-electron chi connectivity index (χ3n) is 3.59. The largest absolute Gasteiger partial charge is 0.380 e. The maximum Gasteiger partial charge on any atom is 0.0750 e. The standard InChI is InChI=1S/C14H25NO/c1-3-4-6-11-13(15)14(16-2)12-9-7-5-8-10-12/h12-14H,5-11,15H2,1-2H3. The zero-order valence-corrected chi connectivity index (χ0v) is 10.7. The Kier molecular flexibility index (Phi) is 6.52. The fourth-order valence-electron chi connectivity index (χ4n) is 2.71. The maximum absolute atomic E-state index is 6.21. The molecule has 1 aliphatic rings. The Bertz CT molecular complexity index is 235. The van der Waals surface area contributed by atoms with E-state index in [0.29, 0.717) is 5.92 Å². The van der Waals surface area contributed by atoms with E-state index in [4.69, 9.17) is 10.5 Å². The topological polar surface area (TPSA) is 35.2 Å². The molecular formula is C14H25NO. The Balaban J connectivity index is 2.40. The Morgan fingerprint density at radius 3 is 2.56 bits per heavy atom. The molecule has 0 aromatic heterocycles. The highest BCUT2D eigenvalue weighted by Gasteiger charge is 2.27. The van der Waals surface area contributed by atoms with Crippen LogP contribution in [0.4, 0.5) is 0 Å². The molecule has 92 valence electrons. The molecule has 2 atom stereocenters. The van der Waals surface area contributed by atoms with Gasteiger partial charge in [-0.2, -0.15) is 0 Å². The molecule has 0 aromatic rings. The first-order chi connectivity index (χ1) is 7.79. The molecule has 1 aliphatic carbocycles. The van der Waals surface area contributed by atoms with Gasteiger partial charge in [-0.05, 0) is 32.1 Å². The highest BCUT2D eigenvalue weighted by atomic mass is 16.5. The molecule has 1 fully saturated rings. The number of hydrogen-bond acceptors (Lipinski definition) is 2. The Hall–Kier alpha value is -0.520. The van der Waals surface area contributed by atoms with Crippen molar-refractivity contribution in [1.29, 1.82) is 0 Å². The lowest BCUT2D eigenvalue weighted by Gasteiger charge is -2.32. The van der Waals surface area contributed by atoms with Crippen LogP contribution < -0.4 is 5.73 Å². The average molecular weight is 223 g/mol. The smallest absolute Gasteiger partial charge is 0.0750 e. The summed E-state index contributed by atoms with van der Waals surface area (Å²) in [5.74, 6) is 6.66. The molecule has 2 nitrogen and oxygen atoms in total. The first-order valence-electron chi connectivity index (χ1n) is 6.47. The lowest BCUT2D eigenvalue weighted by molar-refractivity contribution is 0.0162. The van der Waals surface area contributed by atoms with Crippen LogP contribution in [0.3, 0.4) is 0 Å². The van der Waals surface area contributed by atoms with Crippen LogP contribution in [0.5, 0.6) is 0 Å². The number of methoxy groups -OCH3 is 1. The Morgan fingerprint density at radius 1 is 1.31 bits per heavy atom. The molecule has 2 N–H and O–H groups in total. The fourth-order valence-corrected chi connectivity index (χ4v) is 2.71. The van der Waals surface area contributed by atoms with Gasteiger partial charge in [0.1, 0.15) is 0 Å². The van der Waals surface area contributed by atoms with Crippen molar-refractivity contribution in [2.45, 2.75) is 64.0 Å².